The second kappa shape index (κ2) is 6.12. The van der Waals surface area contributed by atoms with Gasteiger partial charge in [0.05, 0.1) is 18.8 Å². The zero-order chi connectivity index (χ0) is 14.8. The third-order valence-corrected chi connectivity index (χ3v) is 4.34. The Morgan fingerprint density at radius 1 is 1.43 bits per heavy atom. The Bertz CT molecular complexity index is 538. The van der Waals surface area contributed by atoms with Crippen LogP contribution in [-0.4, -0.2) is 55.3 Å². The Kier molecular flexibility index (Phi) is 4.22. The van der Waals surface area contributed by atoms with E-state index in [-0.39, 0.29) is 18.4 Å². The molecule has 0 saturated carbocycles. The molecule has 0 aliphatic carbocycles. The summed E-state index contributed by atoms with van der Waals surface area (Å²) in [5, 5.41) is 9.81. The number of benzene rings is 1. The van der Waals surface area contributed by atoms with Crippen molar-refractivity contribution in [1.82, 2.24) is 4.90 Å². The molecule has 0 bridgehead atoms. The molecule has 3 rings (SSSR count). The van der Waals surface area contributed by atoms with Crippen LogP contribution in [0.2, 0.25) is 5.02 Å². The van der Waals surface area contributed by atoms with Crippen LogP contribution in [0.4, 0.5) is 5.69 Å². The number of anilines is 1. The summed E-state index contributed by atoms with van der Waals surface area (Å²) in [5.74, 6) is 1.09. The first kappa shape index (κ1) is 14.5. The topological polar surface area (TPSA) is 53.0 Å². The average Bonchev–Trinajstić information content (AvgIpc) is 2.97. The highest BCUT2D eigenvalue weighted by Crippen LogP contribution is 2.34. The number of carbonyl (C=O) groups is 1. The fourth-order valence-electron chi connectivity index (χ4n) is 2.88. The fourth-order valence-corrected chi connectivity index (χ4v) is 3.05. The first-order valence-electron chi connectivity index (χ1n) is 7.23. The van der Waals surface area contributed by atoms with Gasteiger partial charge in [-0.1, -0.05) is 11.6 Å². The Hall–Kier alpha value is -1.46. The number of fused-ring (bicyclic) bond motifs is 1. The number of aliphatic hydroxyl groups is 1. The second-order valence-electron chi connectivity index (χ2n) is 5.56. The molecule has 0 radical (unpaired) electrons. The number of hydrogen-bond donors (Lipinski definition) is 1. The molecule has 2 aliphatic rings. The molecule has 1 amide bonds. The summed E-state index contributed by atoms with van der Waals surface area (Å²) in [4.78, 5) is 16.2. The van der Waals surface area contributed by atoms with Crippen molar-refractivity contribution in [2.24, 2.45) is 5.92 Å². The van der Waals surface area contributed by atoms with Gasteiger partial charge in [-0.3, -0.25) is 4.79 Å². The summed E-state index contributed by atoms with van der Waals surface area (Å²) in [6, 6.07) is 5.47. The maximum Gasteiger partial charge on any atom is 0.242 e. The number of nitrogens with zero attached hydrogens (tertiary/aromatic N) is 2. The molecule has 2 aliphatic heterocycles. The molecule has 2 heterocycles. The maximum absolute atomic E-state index is 12.4. The normalized spacial score (nSPS) is 21.1. The smallest absolute Gasteiger partial charge is 0.242 e. The average molecular weight is 311 g/mol. The molecule has 1 aromatic carbocycles. The minimum Gasteiger partial charge on any atom is -0.490 e. The lowest BCUT2D eigenvalue weighted by Crippen LogP contribution is -2.42. The van der Waals surface area contributed by atoms with Gasteiger partial charge in [0.1, 0.15) is 12.4 Å². The zero-order valence-corrected chi connectivity index (χ0v) is 12.6. The van der Waals surface area contributed by atoms with E-state index in [0.29, 0.717) is 31.3 Å². The second-order valence-corrected chi connectivity index (χ2v) is 6.00. The van der Waals surface area contributed by atoms with Gasteiger partial charge >= 0.3 is 0 Å². The summed E-state index contributed by atoms with van der Waals surface area (Å²) < 4.78 is 5.59. The summed E-state index contributed by atoms with van der Waals surface area (Å²) in [6.45, 7) is 3.12. The molecule has 1 atom stereocenters. The SMILES string of the molecule is O=C(CN1CCOc2ccc(Cl)cc21)N1CCC(CO)C1. The van der Waals surface area contributed by atoms with Gasteiger partial charge in [0.15, 0.2) is 0 Å². The van der Waals surface area contributed by atoms with Crippen LogP contribution in [0.15, 0.2) is 18.2 Å². The van der Waals surface area contributed by atoms with Crippen molar-refractivity contribution < 1.29 is 14.6 Å². The molecular weight excluding hydrogens is 292 g/mol. The van der Waals surface area contributed by atoms with Crippen molar-refractivity contribution in [3.63, 3.8) is 0 Å². The lowest BCUT2D eigenvalue weighted by Gasteiger charge is -2.32. The lowest BCUT2D eigenvalue weighted by atomic mass is 10.1. The van der Waals surface area contributed by atoms with Crippen LogP contribution in [0, 0.1) is 5.92 Å². The van der Waals surface area contributed by atoms with Gasteiger partial charge in [-0.25, -0.2) is 0 Å². The number of halogens is 1. The molecule has 1 N–H and O–H groups in total. The van der Waals surface area contributed by atoms with E-state index in [1.165, 1.54) is 0 Å². The summed E-state index contributed by atoms with van der Waals surface area (Å²) in [7, 11) is 0. The van der Waals surface area contributed by atoms with Crippen molar-refractivity contribution >= 4 is 23.2 Å². The van der Waals surface area contributed by atoms with E-state index in [1.807, 2.05) is 21.9 Å². The van der Waals surface area contributed by atoms with Crippen LogP contribution in [0.1, 0.15) is 6.42 Å². The molecule has 6 heteroatoms. The number of carbonyl (C=O) groups excluding carboxylic acids is 1. The van der Waals surface area contributed by atoms with Crippen LogP contribution < -0.4 is 9.64 Å². The summed E-state index contributed by atoms with van der Waals surface area (Å²) in [5.41, 5.74) is 0.875. The number of amides is 1. The van der Waals surface area contributed by atoms with Gasteiger partial charge in [-0.15, -0.1) is 0 Å². The van der Waals surface area contributed by atoms with E-state index < -0.39 is 0 Å². The minimum absolute atomic E-state index is 0.0961. The van der Waals surface area contributed by atoms with Gasteiger partial charge in [0.2, 0.25) is 5.91 Å². The predicted molar refractivity (Wildman–Crippen MR) is 80.9 cm³/mol. The highest BCUT2D eigenvalue weighted by atomic mass is 35.5. The number of aliphatic hydroxyl groups excluding tert-OH is 1. The molecule has 1 aromatic rings. The van der Waals surface area contributed by atoms with Gasteiger partial charge in [-0.05, 0) is 24.6 Å². The van der Waals surface area contributed by atoms with Crippen LogP contribution in [0.3, 0.4) is 0 Å². The predicted octanol–water partition coefficient (Wildman–Crippen LogP) is 1.38. The van der Waals surface area contributed by atoms with Gasteiger partial charge in [0, 0.05) is 30.6 Å². The molecule has 1 fully saturated rings. The zero-order valence-electron chi connectivity index (χ0n) is 11.8. The van der Waals surface area contributed by atoms with E-state index in [1.54, 1.807) is 6.07 Å². The van der Waals surface area contributed by atoms with Crippen molar-refractivity contribution in [3.05, 3.63) is 23.2 Å². The molecule has 1 saturated heterocycles. The summed E-state index contributed by atoms with van der Waals surface area (Å²) >= 11 is 6.04. The van der Waals surface area contributed by atoms with E-state index >= 15 is 0 Å². The Balaban J connectivity index is 1.69. The summed E-state index contributed by atoms with van der Waals surface area (Å²) in [6.07, 6.45) is 0.883. The highest BCUT2D eigenvalue weighted by Gasteiger charge is 2.28. The number of rotatable bonds is 3. The molecule has 1 unspecified atom stereocenters. The van der Waals surface area contributed by atoms with Crippen molar-refractivity contribution in [1.29, 1.82) is 0 Å². The highest BCUT2D eigenvalue weighted by molar-refractivity contribution is 6.31. The third kappa shape index (κ3) is 3.09. The van der Waals surface area contributed by atoms with Crippen molar-refractivity contribution in [2.75, 3.05) is 44.3 Å². The van der Waals surface area contributed by atoms with Crippen LogP contribution in [-0.2, 0) is 4.79 Å². The van der Waals surface area contributed by atoms with Crippen LogP contribution in [0.25, 0.3) is 0 Å². The molecule has 5 nitrogen and oxygen atoms in total. The molecule has 114 valence electrons. The Morgan fingerprint density at radius 2 is 2.29 bits per heavy atom. The largest absolute Gasteiger partial charge is 0.490 e. The molecular formula is C15H19ClN2O3. The van der Waals surface area contributed by atoms with Crippen molar-refractivity contribution in [2.45, 2.75) is 6.42 Å². The van der Waals surface area contributed by atoms with Gasteiger partial charge in [-0.2, -0.15) is 0 Å². The maximum atomic E-state index is 12.4. The number of likely N-dealkylation sites (tertiary alicyclic amines) is 1. The van der Waals surface area contributed by atoms with Gasteiger partial charge < -0.3 is 19.6 Å². The quantitative estimate of drug-likeness (QED) is 0.916. The standard InChI is InChI=1S/C15H19ClN2O3/c16-12-1-2-14-13(7-12)17(5-6-21-14)9-15(20)18-4-3-11(8-18)10-19/h1-2,7,11,19H,3-6,8-10H2. The first-order chi connectivity index (χ1) is 10.2. The van der Waals surface area contributed by atoms with E-state index in [2.05, 4.69) is 0 Å². The lowest BCUT2D eigenvalue weighted by molar-refractivity contribution is -0.128. The fraction of sp³-hybridized carbons (Fsp3) is 0.533. The molecule has 0 aromatic heterocycles. The first-order valence-corrected chi connectivity index (χ1v) is 7.61. The Morgan fingerprint density at radius 3 is 3.05 bits per heavy atom. The van der Waals surface area contributed by atoms with Crippen molar-refractivity contribution in [3.8, 4) is 5.75 Å². The molecule has 0 spiro atoms. The monoisotopic (exact) mass is 310 g/mol. The molecule has 21 heavy (non-hydrogen) atoms. The van der Waals surface area contributed by atoms with E-state index in [9.17, 15) is 4.79 Å². The third-order valence-electron chi connectivity index (χ3n) is 4.10. The number of ether oxygens (including phenoxy) is 1. The Labute approximate surface area is 129 Å². The van der Waals surface area contributed by atoms with E-state index in [0.717, 1.165) is 24.4 Å². The minimum atomic E-state index is 0.0961. The van der Waals surface area contributed by atoms with E-state index in [4.69, 9.17) is 21.4 Å². The van der Waals surface area contributed by atoms with Crippen LogP contribution >= 0.6 is 11.6 Å². The number of hydrogen-bond acceptors (Lipinski definition) is 4. The van der Waals surface area contributed by atoms with Gasteiger partial charge in [0.25, 0.3) is 0 Å². The van der Waals surface area contributed by atoms with Crippen LogP contribution in [0.5, 0.6) is 5.75 Å².